The van der Waals surface area contributed by atoms with Crippen LogP contribution in [-0.2, 0) is 9.59 Å². The summed E-state index contributed by atoms with van der Waals surface area (Å²) < 4.78 is 13.2. The molecule has 4 rings (SSSR count). The summed E-state index contributed by atoms with van der Waals surface area (Å²) in [7, 11) is 0. The molecule has 2 aliphatic heterocycles. The molecule has 2 aliphatic rings. The maximum Gasteiger partial charge on any atom is 0.328 e. The number of nitrogens with zero attached hydrogens (tertiary/aromatic N) is 1. The maximum atomic E-state index is 13.2. The Kier molecular flexibility index (Phi) is 5.71. The van der Waals surface area contributed by atoms with Crippen LogP contribution in [0.15, 0.2) is 48.6 Å². The van der Waals surface area contributed by atoms with Crippen molar-refractivity contribution in [2.24, 2.45) is 11.8 Å². The first-order valence-electron chi connectivity index (χ1n) is 8.71. The van der Waals surface area contributed by atoms with Crippen molar-refractivity contribution in [3.8, 4) is 0 Å². The lowest BCUT2D eigenvalue weighted by Crippen LogP contribution is -2.25. The van der Waals surface area contributed by atoms with Gasteiger partial charge in [0.05, 0.1) is 0 Å². The monoisotopic (exact) mass is 372 g/mol. The first-order valence-corrected chi connectivity index (χ1v) is 8.71. The van der Waals surface area contributed by atoms with Crippen LogP contribution in [0.25, 0.3) is 10.8 Å². The topological polar surface area (TPSA) is 89.9 Å². The third-order valence-corrected chi connectivity index (χ3v) is 4.91. The second-order valence-corrected chi connectivity index (χ2v) is 6.77. The number of hydrogen-bond acceptors (Lipinski definition) is 4. The van der Waals surface area contributed by atoms with Crippen LogP contribution >= 0.6 is 0 Å². The molecule has 2 atom stereocenters. The van der Waals surface area contributed by atoms with E-state index in [0.29, 0.717) is 12.2 Å². The molecule has 3 N–H and O–H groups in total. The lowest BCUT2D eigenvalue weighted by atomic mass is 10.0. The molecule has 0 spiro atoms. The highest BCUT2D eigenvalue weighted by atomic mass is 19.1. The largest absolute Gasteiger partial charge is 0.478 e. The zero-order chi connectivity index (χ0) is 19.4. The fourth-order valence-electron chi connectivity index (χ4n) is 3.61. The average Bonchev–Trinajstić information content (AvgIpc) is 3.22. The van der Waals surface area contributed by atoms with Crippen LogP contribution in [0.4, 0.5) is 10.1 Å². The molecule has 0 bridgehead atoms. The first-order chi connectivity index (χ1) is 12.9. The Hall–Kier alpha value is -2.93. The molecule has 0 radical (unpaired) electrons. The summed E-state index contributed by atoms with van der Waals surface area (Å²) in [6.45, 7) is 4.59. The number of rotatable bonds is 3. The van der Waals surface area contributed by atoms with E-state index in [1.807, 2.05) is 12.1 Å². The number of carboxylic acid groups (broad SMARTS) is 2. The number of fused-ring (bicyclic) bond motifs is 2. The van der Waals surface area contributed by atoms with Gasteiger partial charge in [-0.1, -0.05) is 12.1 Å². The van der Waals surface area contributed by atoms with Gasteiger partial charge in [0.2, 0.25) is 0 Å². The highest BCUT2D eigenvalue weighted by molar-refractivity contribution is 5.89. The molecule has 2 unspecified atom stereocenters. The summed E-state index contributed by atoms with van der Waals surface area (Å²) in [4.78, 5) is 21.6. The van der Waals surface area contributed by atoms with E-state index in [-0.39, 0.29) is 5.82 Å². The van der Waals surface area contributed by atoms with Crippen molar-refractivity contribution in [1.29, 1.82) is 0 Å². The molecule has 0 amide bonds. The van der Waals surface area contributed by atoms with Gasteiger partial charge >= 0.3 is 11.9 Å². The van der Waals surface area contributed by atoms with Crippen molar-refractivity contribution in [3.05, 3.63) is 54.4 Å². The van der Waals surface area contributed by atoms with Gasteiger partial charge in [-0.2, -0.15) is 0 Å². The van der Waals surface area contributed by atoms with E-state index in [0.717, 1.165) is 48.8 Å². The van der Waals surface area contributed by atoms with Crippen molar-refractivity contribution in [2.75, 3.05) is 31.1 Å². The predicted octanol–water partition coefficient (Wildman–Crippen LogP) is 2.35. The van der Waals surface area contributed by atoms with Crippen molar-refractivity contribution >= 4 is 28.4 Å². The van der Waals surface area contributed by atoms with Gasteiger partial charge in [0.25, 0.3) is 0 Å². The van der Waals surface area contributed by atoms with E-state index in [1.54, 1.807) is 6.07 Å². The van der Waals surface area contributed by atoms with E-state index in [9.17, 15) is 14.0 Å². The van der Waals surface area contributed by atoms with Crippen LogP contribution in [0.2, 0.25) is 0 Å². The molecule has 2 aromatic rings. The van der Waals surface area contributed by atoms with E-state index in [2.05, 4.69) is 22.3 Å². The third kappa shape index (κ3) is 4.83. The summed E-state index contributed by atoms with van der Waals surface area (Å²) in [6, 6.07) is 11.3. The second kappa shape index (κ2) is 8.18. The third-order valence-electron chi connectivity index (χ3n) is 4.91. The predicted molar refractivity (Wildman–Crippen MR) is 100 cm³/mol. The Morgan fingerprint density at radius 3 is 2.11 bits per heavy atom. The van der Waals surface area contributed by atoms with E-state index >= 15 is 0 Å². The number of nitrogens with one attached hydrogen (secondary N) is 1. The van der Waals surface area contributed by atoms with Gasteiger partial charge in [-0.05, 0) is 46.9 Å². The van der Waals surface area contributed by atoms with Crippen LogP contribution in [0.1, 0.15) is 0 Å². The summed E-state index contributed by atoms with van der Waals surface area (Å²) in [5.41, 5.74) is 1.27. The number of carboxylic acids is 2. The van der Waals surface area contributed by atoms with Gasteiger partial charge in [0, 0.05) is 44.0 Å². The highest BCUT2D eigenvalue weighted by Gasteiger charge is 2.36. The fraction of sp³-hybridized carbons (Fsp3) is 0.300. The molecule has 27 heavy (non-hydrogen) atoms. The van der Waals surface area contributed by atoms with Crippen LogP contribution in [0.5, 0.6) is 0 Å². The Morgan fingerprint density at radius 2 is 1.52 bits per heavy atom. The van der Waals surface area contributed by atoms with Crippen molar-refractivity contribution in [1.82, 2.24) is 5.32 Å². The molecular weight excluding hydrogens is 351 g/mol. The van der Waals surface area contributed by atoms with E-state index < -0.39 is 11.9 Å². The van der Waals surface area contributed by atoms with E-state index in [4.69, 9.17) is 10.2 Å². The zero-order valence-corrected chi connectivity index (χ0v) is 14.6. The molecule has 0 aliphatic carbocycles. The number of aliphatic carboxylic acids is 2. The molecule has 142 valence electrons. The maximum absolute atomic E-state index is 13.2. The minimum atomic E-state index is -1.26. The zero-order valence-electron chi connectivity index (χ0n) is 14.6. The smallest absolute Gasteiger partial charge is 0.328 e. The summed E-state index contributed by atoms with van der Waals surface area (Å²) >= 11 is 0. The fourth-order valence-corrected chi connectivity index (χ4v) is 3.61. The highest BCUT2D eigenvalue weighted by Crippen LogP contribution is 2.32. The number of halogens is 1. The first kappa shape index (κ1) is 18.8. The van der Waals surface area contributed by atoms with Crippen LogP contribution in [0, 0.1) is 17.7 Å². The molecule has 2 fully saturated rings. The molecule has 0 saturated carbocycles. The average molecular weight is 372 g/mol. The number of hydrogen-bond donors (Lipinski definition) is 3. The number of anilines is 1. The Morgan fingerprint density at radius 1 is 0.963 bits per heavy atom. The van der Waals surface area contributed by atoms with Gasteiger partial charge in [-0.3, -0.25) is 0 Å². The standard InChI is InChI=1S/C16H17FN2.C4H4O4/c17-15-3-1-12-6-16(4-2-11(12)5-15)19-9-13-7-18-8-14(13)10-19;5-3(6)1-2-4(7)8/h1-6,13-14,18H,7-10H2;1-2H,(H,5,6)(H,7,8)/b;2-1-. The van der Waals surface area contributed by atoms with Gasteiger partial charge < -0.3 is 20.4 Å². The molecule has 2 saturated heterocycles. The summed E-state index contributed by atoms with van der Waals surface area (Å²) in [5.74, 6) is -1.09. The molecule has 7 heteroatoms. The van der Waals surface area contributed by atoms with Gasteiger partial charge in [0.15, 0.2) is 0 Å². The second-order valence-electron chi connectivity index (χ2n) is 6.77. The molecular formula is C20H21FN2O4. The number of benzene rings is 2. The normalized spacial score (nSPS) is 21.1. The SMILES string of the molecule is Fc1ccc2cc(N3CC4CNCC4C3)ccc2c1.O=C(O)/C=C\C(=O)O. The lowest BCUT2D eigenvalue weighted by Gasteiger charge is -2.20. The van der Waals surface area contributed by atoms with Crippen molar-refractivity contribution in [3.63, 3.8) is 0 Å². The van der Waals surface area contributed by atoms with Crippen LogP contribution < -0.4 is 10.2 Å². The molecule has 0 aromatic heterocycles. The Balaban J connectivity index is 0.000000226. The van der Waals surface area contributed by atoms with Crippen LogP contribution in [0.3, 0.4) is 0 Å². The molecule has 2 heterocycles. The number of carbonyl (C=O) groups is 2. The van der Waals surface area contributed by atoms with Gasteiger partial charge in [-0.25, -0.2) is 14.0 Å². The quantitative estimate of drug-likeness (QED) is 0.717. The molecule has 6 nitrogen and oxygen atoms in total. The minimum absolute atomic E-state index is 0.165. The minimum Gasteiger partial charge on any atom is -0.478 e. The summed E-state index contributed by atoms with van der Waals surface area (Å²) in [5, 5.41) is 21.2. The Labute approximate surface area is 155 Å². The van der Waals surface area contributed by atoms with E-state index in [1.165, 1.54) is 11.8 Å². The lowest BCUT2D eigenvalue weighted by molar-refractivity contribution is -0.134. The molecule has 2 aromatic carbocycles. The van der Waals surface area contributed by atoms with Gasteiger partial charge in [0.1, 0.15) is 5.82 Å². The Bertz CT molecular complexity index is 855. The van der Waals surface area contributed by atoms with Crippen molar-refractivity contribution < 1.29 is 24.2 Å². The summed E-state index contributed by atoms with van der Waals surface area (Å²) in [6.07, 6.45) is 1.12. The van der Waals surface area contributed by atoms with Crippen molar-refractivity contribution in [2.45, 2.75) is 0 Å². The van der Waals surface area contributed by atoms with Crippen LogP contribution in [-0.4, -0.2) is 48.3 Å². The van der Waals surface area contributed by atoms with Gasteiger partial charge in [-0.15, -0.1) is 0 Å².